The van der Waals surface area contributed by atoms with E-state index in [1.54, 1.807) is 33.3 Å². The van der Waals surface area contributed by atoms with E-state index in [2.05, 4.69) is 15.5 Å². The van der Waals surface area contributed by atoms with E-state index < -0.39 is 5.54 Å². The Balaban J connectivity index is 1.92. The highest BCUT2D eigenvalue weighted by Crippen LogP contribution is 2.38. The smallest absolute Gasteiger partial charge is 0.252 e. The summed E-state index contributed by atoms with van der Waals surface area (Å²) in [4.78, 5) is 17.3. The molecule has 0 aliphatic heterocycles. The minimum Gasteiger partial charge on any atom is -0.496 e. The fourth-order valence-electron chi connectivity index (χ4n) is 3.38. The van der Waals surface area contributed by atoms with E-state index in [9.17, 15) is 4.79 Å². The third kappa shape index (κ3) is 3.18. The van der Waals surface area contributed by atoms with E-state index in [4.69, 9.17) is 14.0 Å². The van der Waals surface area contributed by atoms with Gasteiger partial charge in [0, 0.05) is 18.1 Å². The molecule has 0 bridgehead atoms. The van der Waals surface area contributed by atoms with E-state index in [1.807, 2.05) is 6.92 Å². The van der Waals surface area contributed by atoms with Gasteiger partial charge in [-0.15, -0.1) is 0 Å². The molecule has 1 N–H and O–H groups in total. The summed E-state index contributed by atoms with van der Waals surface area (Å²) in [6.07, 6.45) is 3.60. The summed E-state index contributed by atoms with van der Waals surface area (Å²) < 4.78 is 15.8. The second kappa shape index (κ2) is 6.74. The van der Waals surface area contributed by atoms with Crippen molar-refractivity contribution in [1.29, 1.82) is 0 Å². The topological polar surface area (TPSA) is 86.5 Å². The van der Waals surface area contributed by atoms with Crippen molar-refractivity contribution in [3.63, 3.8) is 0 Å². The van der Waals surface area contributed by atoms with E-state index in [-0.39, 0.29) is 5.91 Å². The van der Waals surface area contributed by atoms with Crippen molar-refractivity contribution in [3.8, 4) is 11.5 Å². The lowest BCUT2D eigenvalue weighted by molar-refractivity contribution is 0.0891. The van der Waals surface area contributed by atoms with Gasteiger partial charge in [0.2, 0.25) is 5.89 Å². The van der Waals surface area contributed by atoms with Crippen LogP contribution in [-0.4, -0.2) is 30.3 Å². The first-order chi connectivity index (χ1) is 12.0. The highest BCUT2D eigenvalue weighted by molar-refractivity contribution is 5.96. The average Bonchev–Trinajstić information content (AvgIpc) is 3.25. The number of rotatable bonds is 5. The van der Waals surface area contributed by atoms with Gasteiger partial charge in [-0.05, 0) is 31.9 Å². The maximum atomic E-state index is 12.9. The zero-order valence-corrected chi connectivity index (χ0v) is 15.0. The van der Waals surface area contributed by atoms with Gasteiger partial charge < -0.3 is 19.3 Å². The number of ether oxygens (including phenoxy) is 2. The Labute approximate surface area is 146 Å². The molecule has 0 saturated heterocycles. The Bertz CT molecular complexity index is 753. The Morgan fingerprint density at radius 1 is 1.16 bits per heavy atom. The first-order valence-corrected chi connectivity index (χ1v) is 8.35. The van der Waals surface area contributed by atoms with Crippen LogP contribution in [0.2, 0.25) is 0 Å². The Morgan fingerprint density at radius 3 is 2.24 bits per heavy atom. The molecule has 134 valence electrons. The SMILES string of the molecule is COc1cc(C(=O)NC2(c3noc(C)n3)CCCC2)cc(OC)c1C. The number of hydrogen-bond acceptors (Lipinski definition) is 6. The largest absolute Gasteiger partial charge is 0.496 e. The van der Waals surface area contributed by atoms with Gasteiger partial charge in [0.05, 0.1) is 14.2 Å². The number of hydrogen-bond donors (Lipinski definition) is 1. The Kier molecular flexibility index (Phi) is 4.65. The Morgan fingerprint density at radius 2 is 1.76 bits per heavy atom. The van der Waals surface area contributed by atoms with Crippen LogP contribution in [0.4, 0.5) is 0 Å². The molecule has 1 aromatic carbocycles. The van der Waals surface area contributed by atoms with Gasteiger partial charge in [-0.25, -0.2) is 0 Å². The fraction of sp³-hybridized carbons (Fsp3) is 0.500. The van der Waals surface area contributed by atoms with Crippen LogP contribution in [0.25, 0.3) is 0 Å². The molecular weight excluding hydrogens is 322 g/mol. The number of nitrogens with zero attached hydrogens (tertiary/aromatic N) is 2. The lowest BCUT2D eigenvalue weighted by Crippen LogP contribution is -2.44. The van der Waals surface area contributed by atoms with Gasteiger partial charge in [-0.2, -0.15) is 4.98 Å². The number of amides is 1. The predicted octanol–water partition coefficient (Wildman–Crippen LogP) is 2.90. The van der Waals surface area contributed by atoms with Crippen molar-refractivity contribution in [2.75, 3.05) is 14.2 Å². The maximum Gasteiger partial charge on any atom is 0.252 e. The van der Waals surface area contributed by atoms with Crippen LogP contribution in [0, 0.1) is 13.8 Å². The molecule has 7 heteroatoms. The van der Waals surface area contributed by atoms with Gasteiger partial charge in [0.1, 0.15) is 17.0 Å². The monoisotopic (exact) mass is 345 g/mol. The summed E-state index contributed by atoms with van der Waals surface area (Å²) in [5, 5.41) is 7.17. The molecule has 7 nitrogen and oxygen atoms in total. The summed E-state index contributed by atoms with van der Waals surface area (Å²) in [5.74, 6) is 2.05. The van der Waals surface area contributed by atoms with Crippen LogP contribution in [0.15, 0.2) is 16.7 Å². The molecule has 0 unspecified atom stereocenters. The quantitative estimate of drug-likeness (QED) is 0.897. The van der Waals surface area contributed by atoms with Gasteiger partial charge >= 0.3 is 0 Å². The molecule has 1 aromatic heterocycles. The Hall–Kier alpha value is -2.57. The normalized spacial score (nSPS) is 15.8. The number of carbonyl (C=O) groups excluding carboxylic acids is 1. The zero-order chi connectivity index (χ0) is 18.0. The van der Waals surface area contributed by atoms with E-state index in [0.29, 0.717) is 28.8 Å². The van der Waals surface area contributed by atoms with Crippen LogP contribution in [0.1, 0.15) is 53.3 Å². The molecule has 1 fully saturated rings. The highest BCUT2D eigenvalue weighted by Gasteiger charge is 2.41. The van der Waals surface area contributed by atoms with E-state index >= 15 is 0 Å². The molecule has 3 rings (SSSR count). The van der Waals surface area contributed by atoms with Gasteiger partial charge in [0.25, 0.3) is 5.91 Å². The first-order valence-electron chi connectivity index (χ1n) is 8.35. The second-order valence-corrected chi connectivity index (χ2v) is 6.39. The standard InChI is InChI=1S/C18H23N3O4/c1-11-14(23-3)9-13(10-15(11)24-4)16(22)20-18(7-5-6-8-18)17-19-12(2)25-21-17/h9-10H,5-8H2,1-4H3,(H,20,22). The summed E-state index contributed by atoms with van der Waals surface area (Å²) in [6, 6.07) is 3.44. The molecule has 1 aliphatic carbocycles. The summed E-state index contributed by atoms with van der Waals surface area (Å²) >= 11 is 0. The number of aromatic nitrogens is 2. The molecule has 0 spiro atoms. The van der Waals surface area contributed by atoms with Crippen molar-refractivity contribution in [2.45, 2.75) is 45.1 Å². The molecule has 25 heavy (non-hydrogen) atoms. The lowest BCUT2D eigenvalue weighted by Gasteiger charge is -2.27. The van der Waals surface area contributed by atoms with Crippen molar-refractivity contribution < 1.29 is 18.8 Å². The van der Waals surface area contributed by atoms with Crippen LogP contribution >= 0.6 is 0 Å². The summed E-state index contributed by atoms with van der Waals surface area (Å²) in [6.45, 7) is 3.64. The minimum atomic E-state index is -0.583. The first kappa shape index (κ1) is 17.3. The second-order valence-electron chi connectivity index (χ2n) is 6.39. The third-order valence-corrected chi connectivity index (χ3v) is 4.78. The third-order valence-electron chi connectivity index (χ3n) is 4.78. The van der Waals surface area contributed by atoms with Gasteiger partial charge in [0.15, 0.2) is 5.82 Å². The average molecular weight is 345 g/mol. The van der Waals surface area contributed by atoms with Crippen molar-refractivity contribution in [1.82, 2.24) is 15.5 Å². The van der Waals surface area contributed by atoms with Crippen molar-refractivity contribution in [2.24, 2.45) is 0 Å². The zero-order valence-electron chi connectivity index (χ0n) is 15.0. The van der Waals surface area contributed by atoms with Gasteiger partial charge in [-0.3, -0.25) is 4.79 Å². The molecule has 0 atom stereocenters. The molecule has 1 aliphatic rings. The lowest BCUT2D eigenvalue weighted by atomic mass is 9.95. The molecule has 2 aromatic rings. The number of methoxy groups -OCH3 is 2. The number of aryl methyl sites for hydroxylation is 1. The number of carbonyl (C=O) groups is 1. The summed E-state index contributed by atoms with van der Waals surface area (Å²) in [5.41, 5.74) is 0.747. The van der Waals surface area contributed by atoms with Crippen molar-refractivity contribution >= 4 is 5.91 Å². The van der Waals surface area contributed by atoms with Crippen LogP contribution in [0.5, 0.6) is 11.5 Å². The number of benzene rings is 1. The summed E-state index contributed by atoms with van der Waals surface area (Å²) in [7, 11) is 3.15. The van der Waals surface area contributed by atoms with E-state index in [0.717, 1.165) is 31.2 Å². The molecule has 1 heterocycles. The number of nitrogens with one attached hydrogen (secondary N) is 1. The minimum absolute atomic E-state index is 0.207. The van der Waals surface area contributed by atoms with Gasteiger partial charge in [-0.1, -0.05) is 18.0 Å². The molecular formula is C18H23N3O4. The maximum absolute atomic E-state index is 12.9. The van der Waals surface area contributed by atoms with Crippen molar-refractivity contribution in [3.05, 3.63) is 35.0 Å². The fourth-order valence-corrected chi connectivity index (χ4v) is 3.38. The van der Waals surface area contributed by atoms with E-state index in [1.165, 1.54) is 0 Å². The molecule has 1 amide bonds. The predicted molar refractivity (Wildman–Crippen MR) is 90.9 cm³/mol. The van der Waals surface area contributed by atoms with Crippen LogP contribution in [-0.2, 0) is 5.54 Å². The van der Waals surface area contributed by atoms with Crippen LogP contribution in [0.3, 0.4) is 0 Å². The highest BCUT2D eigenvalue weighted by atomic mass is 16.5. The molecule has 0 radical (unpaired) electrons. The van der Waals surface area contributed by atoms with Crippen LogP contribution < -0.4 is 14.8 Å². The molecule has 1 saturated carbocycles.